The lowest BCUT2D eigenvalue weighted by Gasteiger charge is -2.40. The molecule has 3 rings (SSSR count). The van der Waals surface area contributed by atoms with Gasteiger partial charge in [-0.05, 0) is 36.6 Å². The molecule has 21 heavy (non-hydrogen) atoms. The molecule has 1 unspecified atom stereocenters. The smallest absolute Gasteiger partial charge is 0.229 e. The van der Waals surface area contributed by atoms with E-state index in [-0.39, 0.29) is 5.78 Å². The van der Waals surface area contributed by atoms with Crippen molar-refractivity contribution in [3.8, 4) is 5.75 Å². The maximum absolute atomic E-state index is 12.2. The summed E-state index contributed by atoms with van der Waals surface area (Å²) in [5.41, 5.74) is 0.688. The van der Waals surface area contributed by atoms with E-state index in [2.05, 4.69) is 10.0 Å². The fourth-order valence-corrected chi connectivity index (χ4v) is 3.44. The topological polar surface area (TPSA) is 84.5 Å². The van der Waals surface area contributed by atoms with Crippen LogP contribution >= 0.6 is 0 Å². The molecule has 1 atom stereocenters. The summed E-state index contributed by atoms with van der Waals surface area (Å²) >= 11 is 0. The third kappa shape index (κ3) is 2.89. The molecule has 0 aromatic heterocycles. The number of piperidine rings is 1. The normalized spacial score (nSPS) is 25.3. The van der Waals surface area contributed by atoms with Gasteiger partial charge in [-0.2, -0.15) is 0 Å². The Kier molecular flexibility index (Phi) is 3.41. The molecule has 1 saturated heterocycles. The van der Waals surface area contributed by atoms with Gasteiger partial charge in [0.2, 0.25) is 10.0 Å². The Labute approximate surface area is 123 Å². The van der Waals surface area contributed by atoms with Crippen molar-refractivity contribution in [1.82, 2.24) is 5.32 Å². The predicted octanol–water partition coefficient (Wildman–Crippen LogP) is 0.684. The summed E-state index contributed by atoms with van der Waals surface area (Å²) in [6.45, 7) is 1.24. The lowest BCUT2D eigenvalue weighted by atomic mass is 9.84. The van der Waals surface area contributed by atoms with Crippen LogP contribution in [0.2, 0.25) is 0 Å². The Bertz CT molecular complexity index is 686. The fourth-order valence-electron chi connectivity index (χ4n) is 2.89. The van der Waals surface area contributed by atoms with Crippen molar-refractivity contribution in [2.45, 2.75) is 24.9 Å². The average Bonchev–Trinajstić information content (AvgIpc) is 2.41. The van der Waals surface area contributed by atoms with E-state index in [4.69, 9.17) is 4.74 Å². The molecule has 114 valence electrons. The first-order valence-corrected chi connectivity index (χ1v) is 8.81. The van der Waals surface area contributed by atoms with Crippen molar-refractivity contribution in [1.29, 1.82) is 0 Å². The minimum Gasteiger partial charge on any atom is -0.478 e. The number of hydrogen-bond donors (Lipinski definition) is 2. The molecule has 6 nitrogen and oxygen atoms in total. The quantitative estimate of drug-likeness (QED) is 0.839. The van der Waals surface area contributed by atoms with Gasteiger partial charge in [0.25, 0.3) is 0 Å². The van der Waals surface area contributed by atoms with Gasteiger partial charge in [0.1, 0.15) is 5.75 Å². The predicted molar refractivity (Wildman–Crippen MR) is 79.1 cm³/mol. The first kappa shape index (κ1) is 14.3. The lowest BCUT2D eigenvalue weighted by Crippen LogP contribution is -2.58. The summed E-state index contributed by atoms with van der Waals surface area (Å²) < 4.78 is 30.9. The highest BCUT2D eigenvalue weighted by molar-refractivity contribution is 7.92. The molecule has 1 fully saturated rings. The molecule has 0 radical (unpaired) electrons. The van der Waals surface area contributed by atoms with Crippen molar-refractivity contribution in [3.63, 3.8) is 0 Å². The molecule has 2 heterocycles. The molecule has 0 bridgehead atoms. The summed E-state index contributed by atoms with van der Waals surface area (Å²) in [7, 11) is -3.29. The van der Waals surface area contributed by atoms with Crippen molar-refractivity contribution >= 4 is 21.5 Å². The van der Waals surface area contributed by atoms with Gasteiger partial charge in [0.15, 0.2) is 11.4 Å². The van der Waals surface area contributed by atoms with Gasteiger partial charge in [-0.25, -0.2) is 8.42 Å². The van der Waals surface area contributed by atoms with Crippen LogP contribution in [-0.2, 0) is 21.2 Å². The Morgan fingerprint density at radius 1 is 1.33 bits per heavy atom. The van der Waals surface area contributed by atoms with Gasteiger partial charge in [-0.15, -0.1) is 0 Å². The Balaban J connectivity index is 1.86. The van der Waals surface area contributed by atoms with E-state index in [9.17, 15) is 13.2 Å². The number of aryl methyl sites for hydroxylation is 1. The zero-order valence-electron chi connectivity index (χ0n) is 11.8. The van der Waals surface area contributed by atoms with Crippen LogP contribution in [0.5, 0.6) is 5.75 Å². The van der Waals surface area contributed by atoms with Crippen LogP contribution in [0.15, 0.2) is 18.2 Å². The number of carbonyl (C=O) groups is 1. The number of ether oxygens (including phenoxy) is 1. The van der Waals surface area contributed by atoms with Gasteiger partial charge in [0.05, 0.1) is 6.26 Å². The van der Waals surface area contributed by atoms with E-state index in [1.165, 1.54) is 0 Å². The van der Waals surface area contributed by atoms with Crippen LogP contribution in [0.25, 0.3) is 0 Å². The molecular formula is C14H18N2O4S. The molecular weight excluding hydrogens is 292 g/mol. The second-order valence-electron chi connectivity index (χ2n) is 5.64. The van der Waals surface area contributed by atoms with Crippen molar-refractivity contribution < 1.29 is 17.9 Å². The summed E-state index contributed by atoms with van der Waals surface area (Å²) in [6, 6.07) is 5.15. The van der Waals surface area contributed by atoms with Gasteiger partial charge in [-0.1, -0.05) is 0 Å². The first-order valence-electron chi connectivity index (χ1n) is 6.92. The standard InChI is InChI=1S/C14H18N2O4S/c1-21(18,19)16-11-2-3-12-10(8-11)4-6-14(20-12)9-15-7-5-13(14)17/h2-3,8,15-16H,4-7,9H2,1H3. The fraction of sp³-hybridized carbons (Fsp3) is 0.500. The molecule has 2 N–H and O–H groups in total. The largest absolute Gasteiger partial charge is 0.478 e. The van der Waals surface area contributed by atoms with Crippen LogP contribution < -0.4 is 14.8 Å². The van der Waals surface area contributed by atoms with E-state index in [0.717, 1.165) is 11.8 Å². The number of benzene rings is 1. The number of carbonyl (C=O) groups excluding carboxylic acids is 1. The number of Topliss-reactive ketones (excluding diaryl/α,β-unsaturated/α-hetero) is 1. The number of sulfonamides is 1. The number of anilines is 1. The molecule has 0 aliphatic carbocycles. The van der Waals surface area contributed by atoms with Gasteiger partial charge >= 0.3 is 0 Å². The highest BCUT2D eigenvalue weighted by atomic mass is 32.2. The van der Waals surface area contributed by atoms with E-state index in [1.807, 2.05) is 0 Å². The average molecular weight is 310 g/mol. The summed E-state index contributed by atoms with van der Waals surface area (Å²) in [6.07, 6.45) is 2.92. The van der Waals surface area contributed by atoms with E-state index < -0.39 is 15.6 Å². The molecule has 1 aromatic carbocycles. The third-order valence-electron chi connectivity index (χ3n) is 3.91. The van der Waals surface area contributed by atoms with Gasteiger partial charge in [0, 0.05) is 25.2 Å². The minimum absolute atomic E-state index is 0.144. The monoisotopic (exact) mass is 310 g/mol. The van der Waals surface area contributed by atoms with Crippen LogP contribution in [0, 0.1) is 0 Å². The highest BCUT2D eigenvalue weighted by Gasteiger charge is 2.44. The zero-order valence-corrected chi connectivity index (χ0v) is 12.6. The molecule has 7 heteroatoms. The molecule has 0 amide bonds. The van der Waals surface area contributed by atoms with E-state index in [0.29, 0.717) is 43.8 Å². The number of nitrogens with one attached hydrogen (secondary N) is 2. The second kappa shape index (κ2) is 4.99. The lowest BCUT2D eigenvalue weighted by molar-refractivity contribution is -0.137. The summed E-state index contributed by atoms with van der Waals surface area (Å²) in [5, 5.41) is 3.21. The van der Waals surface area contributed by atoms with E-state index >= 15 is 0 Å². The van der Waals surface area contributed by atoms with Crippen LogP contribution in [-0.4, -0.2) is 39.1 Å². The van der Waals surface area contributed by atoms with Crippen molar-refractivity contribution in [3.05, 3.63) is 23.8 Å². The highest BCUT2D eigenvalue weighted by Crippen LogP contribution is 2.36. The molecule has 1 aromatic rings. The van der Waals surface area contributed by atoms with Gasteiger partial charge in [-0.3, -0.25) is 9.52 Å². The van der Waals surface area contributed by atoms with Crippen LogP contribution in [0.3, 0.4) is 0 Å². The van der Waals surface area contributed by atoms with Crippen LogP contribution in [0.1, 0.15) is 18.4 Å². The summed E-state index contributed by atoms with van der Waals surface area (Å²) in [5.74, 6) is 0.808. The maximum Gasteiger partial charge on any atom is 0.229 e. The Morgan fingerprint density at radius 3 is 2.86 bits per heavy atom. The second-order valence-corrected chi connectivity index (χ2v) is 7.39. The van der Waals surface area contributed by atoms with Gasteiger partial charge < -0.3 is 10.1 Å². The van der Waals surface area contributed by atoms with Crippen molar-refractivity contribution in [2.24, 2.45) is 0 Å². The Morgan fingerprint density at radius 2 is 2.14 bits per heavy atom. The molecule has 0 saturated carbocycles. The number of hydrogen-bond acceptors (Lipinski definition) is 5. The number of rotatable bonds is 2. The molecule has 2 aliphatic rings. The molecule has 2 aliphatic heterocycles. The zero-order chi connectivity index (χ0) is 15.1. The first-order chi connectivity index (χ1) is 9.88. The van der Waals surface area contributed by atoms with E-state index in [1.54, 1.807) is 18.2 Å². The molecule has 1 spiro atoms. The van der Waals surface area contributed by atoms with Crippen molar-refractivity contribution in [2.75, 3.05) is 24.1 Å². The summed E-state index contributed by atoms with van der Waals surface area (Å²) in [4.78, 5) is 12.2. The Hall–Kier alpha value is -1.60. The number of ketones is 1. The maximum atomic E-state index is 12.2. The van der Waals surface area contributed by atoms with Crippen LogP contribution in [0.4, 0.5) is 5.69 Å². The third-order valence-corrected chi connectivity index (χ3v) is 4.52. The SMILES string of the molecule is CS(=O)(=O)Nc1ccc2c(c1)CCC1(CNCCC1=O)O2. The number of fused-ring (bicyclic) bond motifs is 1. The minimum atomic E-state index is -3.29.